The second-order valence-electron chi connectivity index (χ2n) is 3.65. The van der Waals surface area contributed by atoms with E-state index in [2.05, 4.69) is 14.5 Å². The lowest BCUT2D eigenvalue weighted by Gasteiger charge is -2.19. The highest BCUT2D eigenvalue weighted by molar-refractivity contribution is 7.09. The molecule has 1 aromatic rings. The molecule has 1 aromatic heterocycles. The van der Waals surface area contributed by atoms with E-state index in [4.69, 9.17) is 20.4 Å². The fourth-order valence-corrected chi connectivity index (χ4v) is 1.86. The maximum Gasteiger partial charge on any atom is 0.362 e. The van der Waals surface area contributed by atoms with E-state index in [1.54, 1.807) is 0 Å². The molecule has 0 bridgehead atoms. The number of aliphatic carboxylic acids is 1. The first-order valence-corrected chi connectivity index (χ1v) is 6.08. The van der Waals surface area contributed by atoms with Crippen molar-refractivity contribution in [1.29, 1.82) is 0 Å². The highest BCUT2D eigenvalue weighted by Crippen LogP contribution is 2.12. The van der Waals surface area contributed by atoms with Crippen LogP contribution in [0.5, 0.6) is 0 Å². The van der Waals surface area contributed by atoms with Gasteiger partial charge in [0.25, 0.3) is 0 Å². The number of anilines is 1. The van der Waals surface area contributed by atoms with E-state index in [0.29, 0.717) is 13.2 Å². The van der Waals surface area contributed by atoms with Crippen LogP contribution in [0, 0.1) is 0 Å². The average molecular weight is 272 g/mol. The fourth-order valence-electron chi connectivity index (χ4n) is 1.43. The molecule has 0 amide bonds. The van der Waals surface area contributed by atoms with Crippen molar-refractivity contribution < 1.29 is 19.5 Å². The van der Waals surface area contributed by atoms with Crippen LogP contribution in [0.3, 0.4) is 0 Å². The van der Waals surface area contributed by atoms with Crippen molar-refractivity contribution in [2.75, 3.05) is 18.9 Å². The van der Waals surface area contributed by atoms with Gasteiger partial charge in [0.15, 0.2) is 11.2 Å². The van der Waals surface area contributed by atoms with Crippen molar-refractivity contribution in [2.45, 2.75) is 18.9 Å². The van der Waals surface area contributed by atoms with Gasteiger partial charge in [-0.3, -0.25) is 0 Å². The Morgan fingerprint density at radius 2 is 2.50 bits per heavy atom. The minimum atomic E-state index is -1.26. The summed E-state index contributed by atoms with van der Waals surface area (Å²) >= 11 is 0.904. The molecule has 18 heavy (non-hydrogen) atoms. The monoisotopic (exact) mass is 272 g/mol. The lowest BCUT2D eigenvalue weighted by Crippen LogP contribution is -2.25. The first-order valence-electron chi connectivity index (χ1n) is 5.31. The van der Waals surface area contributed by atoms with Crippen molar-refractivity contribution in [2.24, 2.45) is 5.16 Å². The number of carboxylic acid groups (broad SMARTS) is 1. The summed E-state index contributed by atoms with van der Waals surface area (Å²) in [4.78, 5) is 19.9. The molecule has 0 aliphatic carbocycles. The van der Waals surface area contributed by atoms with Crippen molar-refractivity contribution in [3.05, 3.63) is 5.82 Å². The van der Waals surface area contributed by atoms with Crippen molar-refractivity contribution >= 4 is 28.3 Å². The summed E-state index contributed by atoms with van der Waals surface area (Å²) in [5.41, 5.74) is 5.04. The number of oxime groups is 1. The first-order chi connectivity index (χ1) is 8.66. The average Bonchev–Trinajstić information content (AvgIpc) is 2.77. The van der Waals surface area contributed by atoms with E-state index < -0.39 is 5.97 Å². The van der Waals surface area contributed by atoms with Gasteiger partial charge in [0, 0.05) is 18.1 Å². The number of carboxylic acids is 1. The summed E-state index contributed by atoms with van der Waals surface area (Å²) in [6.07, 6.45) is 1.41. The van der Waals surface area contributed by atoms with Gasteiger partial charge in [0.2, 0.25) is 11.5 Å². The molecule has 2 heterocycles. The number of nitrogens with two attached hydrogens (primary N) is 1. The van der Waals surface area contributed by atoms with Crippen molar-refractivity contribution in [3.63, 3.8) is 0 Å². The summed E-state index contributed by atoms with van der Waals surface area (Å²) in [5.74, 6) is -1.30. The molecule has 0 radical (unpaired) electrons. The van der Waals surface area contributed by atoms with Gasteiger partial charge in [0.1, 0.15) is 0 Å². The third-order valence-electron chi connectivity index (χ3n) is 2.27. The highest BCUT2D eigenvalue weighted by atomic mass is 32.1. The quantitative estimate of drug-likeness (QED) is 0.589. The molecular weight excluding hydrogens is 260 g/mol. The minimum absolute atomic E-state index is 0.0401. The number of carbonyl (C=O) groups is 1. The Morgan fingerprint density at radius 1 is 1.67 bits per heavy atom. The smallest absolute Gasteiger partial charge is 0.362 e. The predicted molar refractivity (Wildman–Crippen MR) is 63.4 cm³/mol. The summed E-state index contributed by atoms with van der Waals surface area (Å²) in [6, 6.07) is 0. The largest absolute Gasteiger partial charge is 0.476 e. The molecule has 98 valence electrons. The van der Waals surface area contributed by atoms with Crippen LogP contribution >= 0.6 is 11.5 Å². The van der Waals surface area contributed by atoms with Gasteiger partial charge in [-0.2, -0.15) is 9.36 Å². The molecule has 1 aliphatic rings. The molecular formula is C9H12N4O4S. The molecule has 8 nitrogen and oxygen atoms in total. The molecule has 3 N–H and O–H groups in total. The summed E-state index contributed by atoms with van der Waals surface area (Å²) in [7, 11) is 0. The van der Waals surface area contributed by atoms with Gasteiger partial charge in [-0.1, -0.05) is 5.16 Å². The summed E-state index contributed by atoms with van der Waals surface area (Å²) in [6.45, 7) is 1.10. The SMILES string of the molecule is Nc1nc(/C(=N/OC2CCCOC2)C(=O)O)ns1. The second kappa shape index (κ2) is 5.74. The Hall–Kier alpha value is -1.74. The molecule has 1 unspecified atom stereocenters. The zero-order chi connectivity index (χ0) is 13.0. The summed E-state index contributed by atoms with van der Waals surface area (Å²) in [5, 5.41) is 12.8. The second-order valence-corrected chi connectivity index (χ2v) is 4.43. The molecule has 2 rings (SSSR count). The van der Waals surface area contributed by atoms with Crippen LogP contribution < -0.4 is 5.73 Å². The van der Waals surface area contributed by atoms with Crippen LogP contribution in [0.25, 0.3) is 0 Å². The molecule has 0 aromatic carbocycles. The van der Waals surface area contributed by atoms with E-state index in [1.165, 1.54) is 0 Å². The molecule has 1 aliphatic heterocycles. The standard InChI is InChI=1S/C9H12N4O4S/c10-9-11-7(13-18-9)6(8(14)15)12-17-5-2-1-3-16-4-5/h5H,1-4H2,(H,14,15)(H2,10,11,13)/b12-6-. The Balaban J connectivity index is 2.07. The molecule has 0 spiro atoms. The number of ether oxygens (including phenoxy) is 1. The number of rotatable bonds is 4. The fraction of sp³-hybridized carbons (Fsp3) is 0.556. The third kappa shape index (κ3) is 3.14. The maximum absolute atomic E-state index is 11.0. The van der Waals surface area contributed by atoms with Crippen LogP contribution in [0.1, 0.15) is 18.7 Å². The van der Waals surface area contributed by atoms with E-state index in [-0.39, 0.29) is 22.8 Å². The number of hydrogen-bond donors (Lipinski definition) is 2. The van der Waals surface area contributed by atoms with Gasteiger partial charge < -0.3 is 20.4 Å². The van der Waals surface area contributed by atoms with E-state index >= 15 is 0 Å². The van der Waals surface area contributed by atoms with Gasteiger partial charge >= 0.3 is 5.97 Å². The number of hydrogen-bond acceptors (Lipinski definition) is 8. The lowest BCUT2D eigenvalue weighted by molar-refractivity contribution is -0.129. The zero-order valence-electron chi connectivity index (χ0n) is 9.40. The Kier molecular flexibility index (Phi) is 4.05. The third-order valence-corrected chi connectivity index (χ3v) is 2.81. The van der Waals surface area contributed by atoms with Gasteiger partial charge in [0.05, 0.1) is 6.61 Å². The highest BCUT2D eigenvalue weighted by Gasteiger charge is 2.21. The van der Waals surface area contributed by atoms with Gasteiger partial charge in [-0.25, -0.2) is 4.79 Å². The number of aromatic nitrogens is 2. The lowest BCUT2D eigenvalue weighted by atomic mass is 10.2. The summed E-state index contributed by atoms with van der Waals surface area (Å²) < 4.78 is 8.98. The number of nitrogens with zero attached hydrogens (tertiary/aromatic N) is 3. The Bertz CT molecular complexity index is 455. The van der Waals surface area contributed by atoms with Gasteiger partial charge in [-0.15, -0.1) is 0 Å². The van der Waals surface area contributed by atoms with Crippen LogP contribution in [-0.4, -0.2) is 45.5 Å². The first kappa shape index (κ1) is 12.7. The molecule has 9 heteroatoms. The van der Waals surface area contributed by atoms with E-state index in [1.807, 2.05) is 0 Å². The molecule has 0 saturated carbocycles. The zero-order valence-corrected chi connectivity index (χ0v) is 10.2. The molecule has 1 atom stereocenters. The van der Waals surface area contributed by atoms with Crippen molar-refractivity contribution in [1.82, 2.24) is 9.36 Å². The predicted octanol–water partition coefficient (Wildman–Crippen LogP) is 0.105. The topological polar surface area (TPSA) is 120 Å². The maximum atomic E-state index is 11.0. The van der Waals surface area contributed by atoms with Crippen LogP contribution in [0.15, 0.2) is 5.16 Å². The minimum Gasteiger partial charge on any atom is -0.476 e. The molecule has 1 fully saturated rings. The normalized spacial score (nSPS) is 20.7. The van der Waals surface area contributed by atoms with Crippen LogP contribution in [0.2, 0.25) is 0 Å². The number of nitrogen functional groups attached to an aromatic ring is 1. The van der Waals surface area contributed by atoms with Gasteiger partial charge in [-0.05, 0) is 12.8 Å². The Labute approximate surface area is 107 Å². The van der Waals surface area contributed by atoms with E-state index in [0.717, 1.165) is 24.4 Å². The molecule has 1 saturated heterocycles. The van der Waals surface area contributed by atoms with Crippen LogP contribution in [-0.2, 0) is 14.4 Å². The van der Waals surface area contributed by atoms with Crippen LogP contribution in [0.4, 0.5) is 5.13 Å². The van der Waals surface area contributed by atoms with Crippen molar-refractivity contribution in [3.8, 4) is 0 Å². The Morgan fingerprint density at radius 3 is 3.06 bits per heavy atom. The van der Waals surface area contributed by atoms with E-state index in [9.17, 15) is 4.79 Å².